The first-order valence-corrected chi connectivity index (χ1v) is 19.7. The number of aromatic nitrogens is 6. The van der Waals surface area contributed by atoms with Crippen molar-refractivity contribution in [3.8, 4) is 0 Å². The number of fused-ring (bicyclic) bond motifs is 5. The van der Waals surface area contributed by atoms with Crippen LogP contribution in [0.4, 0.5) is 11.8 Å². The van der Waals surface area contributed by atoms with E-state index in [9.17, 15) is 29.6 Å². The van der Waals surface area contributed by atoms with Gasteiger partial charge >= 0.3 is 13.5 Å². The largest absolute Gasteiger partial charge is 0.395 e. The molecule has 10 atom stereocenters. The van der Waals surface area contributed by atoms with Crippen molar-refractivity contribution in [1.29, 1.82) is 0 Å². The lowest BCUT2D eigenvalue weighted by molar-refractivity contribution is -0.0586. The standard InChI is InChI=1S/C24H30N8O12P2S2/c25-24-29-20-11(21(36)30-24)2-5-32(20)23-17-14(34)12(41-23)7-39-45(37,47)43-16-13(8-40-46(38,48)44-17)42-22(15(16)35)31-4-1-10-18(26-3-6-33)27-9-28-19(10)31/h1-2,4-5,9,12-17,22-23,33-35H,3,6-8H2,(H,37,47)(H,38,48)(H,26,27,28)(H3,25,29,30,36)/t12-,13-,14+,15+,16?,17?,22-,23-,45?,46?/m1/s1. The Hall–Kier alpha value is -2.53. The Morgan fingerprint density at radius 1 is 1.02 bits per heavy atom. The minimum absolute atomic E-state index is 0.0802. The first-order valence-electron chi connectivity index (χ1n) is 14.4. The molecule has 3 saturated heterocycles. The number of nitrogens with zero attached hydrogens (tertiary/aromatic N) is 5. The molecule has 0 spiro atoms. The second kappa shape index (κ2) is 13.0. The number of anilines is 2. The number of rotatable bonds is 5. The molecule has 7 rings (SSSR count). The highest BCUT2D eigenvalue weighted by Gasteiger charge is 2.52. The highest BCUT2D eigenvalue weighted by molar-refractivity contribution is 8.44. The van der Waals surface area contributed by atoms with E-state index in [0.717, 1.165) is 0 Å². The molecule has 4 aromatic rings. The van der Waals surface area contributed by atoms with E-state index in [1.165, 1.54) is 27.7 Å². The Morgan fingerprint density at radius 2 is 1.73 bits per heavy atom. The van der Waals surface area contributed by atoms with Crippen LogP contribution in [0.3, 0.4) is 0 Å². The Bertz CT molecular complexity index is 2000. The molecule has 2 bridgehead atoms. The average Bonchev–Trinajstić information content (AvgIpc) is 3.79. The minimum Gasteiger partial charge on any atom is -0.395 e. The van der Waals surface area contributed by atoms with Crippen LogP contribution in [-0.2, 0) is 43.9 Å². The maximum atomic E-state index is 13.6. The monoisotopic (exact) mass is 748 g/mol. The summed E-state index contributed by atoms with van der Waals surface area (Å²) in [5, 5.41) is 35.5. The van der Waals surface area contributed by atoms with Crippen LogP contribution in [0.2, 0.25) is 0 Å². The van der Waals surface area contributed by atoms with Gasteiger partial charge in [-0.1, -0.05) is 12.2 Å². The maximum Gasteiger partial charge on any atom is 0.386 e. The van der Waals surface area contributed by atoms with Crippen LogP contribution in [0.1, 0.15) is 12.5 Å². The Balaban J connectivity index is 1.19. The molecular formula is C24H30N8O12P2S2. The van der Waals surface area contributed by atoms with Gasteiger partial charge in [-0.3, -0.25) is 23.3 Å². The predicted octanol–water partition coefficient (Wildman–Crippen LogP) is -0.256. The Labute approximate surface area is 280 Å². The second-order valence-corrected chi connectivity index (χ2v) is 16.7. The lowest BCUT2D eigenvalue weighted by Gasteiger charge is -2.27. The first kappa shape index (κ1) is 33.9. The van der Waals surface area contributed by atoms with E-state index in [4.69, 9.17) is 45.1 Å². The number of aliphatic hydroxyl groups is 3. The zero-order valence-corrected chi connectivity index (χ0v) is 28.0. The maximum absolute atomic E-state index is 13.6. The lowest BCUT2D eigenvalue weighted by atomic mass is 10.1. The number of aromatic amines is 1. The molecule has 3 aliphatic rings. The number of H-pyrrole nitrogens is 1. The molecule has 0 radical (unpaired) electrons. The van der Waals surface area contributed by atoms with E-state index in [-0.39, 0.29) is 30.1 Å². The van der Waals surface area contributed by atoms with Crippen molar-refractivity contribution >= 4 is 71.4 Å². The van der Waals surface area contributed by atoms with Gasteiger partial charge in [0.1, 0.15) is 54.4 Å². The van der Waals surface area contributed by atoms with Crippen LogP contribution in [0.5, 0.6) is 0 Å². The molecule has 0 aliphatic carbocycles. The van der Waals surface area contributed by atoms with Crippen LogP contribution in [0.25, 0.3) is 22.1 Å². The summed E-state index contributed by atoms with van der Waals surface area (Å²) in [6.07, 6.45) is -6.39. The summed E-state index contributed by atoms with van der Waals surface area (Å²) in [6, 6.07) is 3.12. The van der Waals surface area contributed by atoms with Gasteiger partial charge in [-0.25, -0.2) is 14.5 Å². The molecule has 3 fully saturated rings. The summed E-state index contributed by atoms with van der Waals surface area (Å²) in [4.78, 5) is 38.5. The quantitative estimate of drug-likeness (QED) is 0.0965. The van der Waals surface area contributed by atoms with Crippen molar-refractivity contribution in [2.75, 3.05) is 37.4 Å². The zero-order chi connectivity index (χ0) is 34.0. The summed E-state index contributed by atoms with van der Waals surface area (Å²) >= 11 is 9.38. The van der Waals surface area contributed by atoms with Crippen molar-refractivity contribution in [3.63, 3.8) is 0 Å². The van der Waals surface area contributed by atoms with Crippen molar-refractivity contribution in [2.45, 2.75) is 49.1 Å². The fourth-order valence-corrected chi connectivity index (χ4v) is 8.77. The molecule has 48 heavy (non-hydrogen) atoms. The number of nitrogen functional groups attached to an aromatic ring is 1. The molecule has 7 heterocycles. The molecule has 24 heteroatoms. The Kier molecular flexibility index (Phi) is 9.18. The minimum atomic E-state index is -4.36. The number of aliphatic hydroxyl groups excluding tert-OH is 3. The number of hydrogen-bond acceptors (Lipinski definition) is 17. The summed E-state index contributed by atoms with van der Waals surface area (Å²) in [5.41, 5.74) is 5.66. The number of hydrogen-bond donors (Lipinski definition) is 8. The van der Waals surface area contributed by atoms with E-state index in [1.807, 2.05) is 0 Å². The Morgan fingerprint density at radius 3 is 2.50 bits per heavy atom. The fraction of sp³-hybridized carbons (Fsp3) is 0.500. The normalized spacial score (nSPS) is 36.0. The molecule has 0 aromatic carbocycles. The van der Waals surface area contributed by atoms with Crippen LogP contribution < -0.4 is 16.6 Å². The van der Waals surface area contributed by atoms with Gasteiger partial charge in [-0.2, -0.15) is 4.98 Å². The molecule has 4 aromatic heterocycles. The van der Waals surface area contributed by atoms with Gasteiger partial charge in [0.25, 0.3) is 5.56 Å². The van der Waals surface area contributed by atoms with E-state index < -0.39 is 81.4 Å². The van der Waals surface area contributed by atoms with Gasteiger partial charge in [-0.15, -0.1) is 0 Å². The fourth-order valence-electron chi connectivity index (χ4n) is 5.87. The second-order valence-electron chi connectivity index (χ2n) is 11.0. The first-order chi connectivity index (χ1) is 22.9. The van der Waals surface area contributed by atoms with Gasteiger partial charge < -0.3 is 54.4 Å². The number of nitrogens with two attached hydrogens (primary N) is 1. The van der Waals surface area contributed by atoms with Gasteiger partial charge in [0, 0.05) is 18.9 Å². The number of nitrogens with one attached hydrogen (secondary N) is 2. The van der Waals surface area contributed by atoms with Crippen molar-refractivity contribution in [2.24, 2.45) is 0 Å². The number of thiol groups is 1. The molecule has 4 unspecified atom stereocenters. The van der Waals surface area contributed by atoms with Crippen LogP contribution >= 0.6 is 25.8 Å². The van der Waals surface area contributed by atoms with E-state index in [2.05, 4.69) is 37.5 Å². The molecule has 3 aliphatic heterocycles. The lowest BCUT2D eigenvalue weighted by Crippen LogP contribution is -2.36. The van der Waals surface area contributed by atoms with E-state index >= 15 is 0 Å². The summed E-state index contributed by atoms with van der Waals surface area (Å²) in [6.45, 7) is -9.52. The van der Waals surface area contributed by atoms with Crippen LogP contribution in [0.15, 0.2) is 35.6 Å². The molecule has 0 saturated carbocycles. The van der Waals surface area contributed by atoms with Crippen LogP contribution in [0, 0.1) is 0 Å². The molecule has 8 N–H and O–H groups in total. The van der Waals surface area contributed by atoms with Gasteiger partial charge in [0.15, 0.2) is 18.1 Å². The smallest absolute Gasteiger partial charge is 0.386 e. The van der Waals surface area contributed by atoms with Gasteiger partial charge in [0.2, 0.25) is 5.95 Å². The molecule has 0 amide bonds. The molecule has 260 valence electrons. The van der Waals surface area contributed by atoms with E-state index in [0.29, 0.717) is 16.9 Å². The third-order valence-electron chi connectivity index (χ3n) is 8.00. The topological polar surface area (TPSA) is 273 Å². The predicted molar refractivity (Wildman–Crippen MR) is 172 cm³/mol. The van der Waals surface area contributed by atoms with Crippen LogP contribution in [-0.4, -0.2) is 112 Å². The highest BCUT2D eigenvalue weighted by Crippen LogP contribution is 2.58. The van der Waals surface area contributed by atoms with Crippen molar-refractivity contribution in [1.82, 2.24) is 29.1 Å². The number of ether oxygens (including phenoxy) is 2. The molecule has 20 nitrogen and oxygen atoms in total. The molecular weight excluding hydrogens is 718 g/mol. The third kappa shape index (κ3) is 6.31. The summed E-state index contributed by atoms with van der Waals surface area (Å²) in [7, 11) is 0. The van der Waals surface area contributed by atoms with Crippen molar-refractivity contribution in [3.05, 3.63) is 41.2 Å². The van der Waals surface area contributed by atoms with Gasteiger partial charge in [0.05, 0.1) is 30.6 Å². The highest BCUT2D eigenvalue weighted by atomic mass is 32.7. The van der Waals surface area contributed by atoms with Gasteiger partial charge in [-0.05, 0) is 23.9 Å². The van der Waals surface area contributed by atoms with Crippen molar-refractivity contribution < 1.29 is 52.3 Å². The average molecular weight is 749 g/mol. The van der Waals surface area contributed by atoms with E-state index in [1.54, 1.807) is 12.3 Å². The summed E-state index contributed by atoms with van der Waals surface area (Å²) < 4.78 is 51.3. The zero-order valence-electron chi connectivity index (χ0n) is 24.5. The summed E-state index contributed by atoms with van der Waals surface area (Å²) in [5.74, 6) is 0.253. The SMILES string of the molecule is Nc1nc2c(ccn2[C@@H]2O[C@@H]3COP(O)(=S)OC4[C@@H](COP(=O)(S)OC2[C@H]3O)O[C@@H](n2ccc3c(NCCO)ncnc32)[C@H]4O)c(=O)[nH]1. The third-order valence-corrected chi connectivity index (χ3v) is 11.2.